The number of rotatable bonds is 4. The minimum absolute atomic E-state index is 0.896. The van der Waals surface area contributed by atoms with Crippen molar-refractivity contribution in [2.45, 2.75) is 51.0 Å². The van der Waals surface area contributed by atoms with Crippen LogP contribution in [0.1, 0.15) is 44.9 Å². The maximum atomic E-state index is 3.46. The molecule has 1 unspecified atom stereocenters. The van der Waals surface area contributed by atoms with Crippen LogP contribution in [0.15, 0.2) is 0 Å². The summed E-state index contributed by atoms with van der Waals surface area (Å²) >= 11 is 0. The maximum absolute atomic E-state index is 3.46. The highest BCUT2D eigenvalue weighted by Gasteiger charge is 2.20. The van der Waals surface area contributed by atoms with Gasteiger partial charge in [0.15, 0.2) is 0 Å². The molecule has 0 aromatic carbocycles. The zero-order valence-electron chi connectivity index (χ0n) is 10.2. The van der Waals surface area contributed by atoms with Crippen molar-refractivity contribution in [2.24, 2.45) is 5.92 Å². The lowest BCUT2D eigenvalue weighted by atomic mass is 9.94. The van der Waals surface area contributed by atoms with Gasteiger partial charge in [-0.1, -0.05) is 19.3 Å². The van der Waals surface area contributed by atoms with E-state index in [1.807, 2.05) is 0 Å². The van der Waals surface area contributed by atoms with Crippen LogP contribution < -0.4 is 5.32 Å². The fourth-order valence-corrected chi connectivity index (χ4v) is 3.05. The highest BCUT2D eigenvalue weighted by molar-refractivity contribution is 4.76. The molecule has 1 aliphatic heterocycles. The zero-order valence-corrected chi connectivity index (χ0v) is 10.2. The zero-order chi connectivity index (χ0) is 10.5. The molecular formula is C13H26N2. The van der Waals surface area contributed by atoms with Crippen LogP contribution in [0, 0.1) is 5.92 Å². The molecule has 1 aliphatic carbocycles. The summed E-state index contributed by atoms with van der Waals surface area (Å²) in [6.07, 6.45) is 10.1. The molecule has 2 heteroatoms. The summed E-state index contributed by atoms with van der Waals surface area (Å²) in [5.74, 6) is 0.955. The van der Waals surface area contributed by atoms with Crippen LogP contribution in [0.4, 0.5) is 0 Å². The lowest BCUT2D eigenvalue weighted by molar-refractivity contribution is 0.182. The average Bonchev–Trinajstić information content (AvgIpc) is 2.80. The Kier molecular flexibility index (Phi) is 4.45. The molecule has 2 nitrogen and oxygen atoms in total. The van der Waals surface area contributed by atoms with E-state index in [1.165, 1.54) is 64.6 Å². The van der Waals surface area contributed by atoms with Crippen LogP contribution in [0.25, 0.3) is 0 Å². The fraction of sp³-hybridized carbons (Fsp3) is 1.00. The second-order valence-electron chi connectivity index (χ2n) is 5.42. The third kappa shape index (κ3) is 3.46. The minimum Gasteiger partial charge on any atom is -0.316 e. The van der Waals surface area contributed by atoms with Crippen molar-refractivity contribution in [3.8, 4) is 0 Å². The van der Waals surface area contributed by atoms with E-state index in [1.54, 1.807) is 0 Å². The van der Waals surface area contributed by atoms with Crippen molar-refractivity contribution in [1.29, 1.82) is 0 Å². The molecule has 2 fully saturated rings. The largest absolute Gasteiger partial charge is 0.316 e. The molecule has 1 saturated carbocycles. The minimum atomic E-state index is 0.896. The Hall–Kier alpha value is -0.0800. The summed E-state index contributed by atoms with van der Waals surface area (Å²) in [6, 6.07) is 0.896. The van der Waals surface area contributed by atoms with Gasteiger partial charge in [-0.05, 0) is 58.3 Å². The van der Waals surface area contributed by atoms with Crippen LogP contribution in [-0.2, 0) is 0 Å². The van der Waals surface area contributed by atoms with E-state index in [0.29, 0.717) is 0 Å². The first-order valence-corrected chi connectivity index (χ1v) is 6.77. The van der Waals surface area contributed by atoms with Gasteiger partial charge < -0.3 is 10.2 Å². The molecule has 2 rings (SSSR count). The second kappa shape index (κ2) is 5.86. The molecule has 0 spiro atoms. The number of nitrogens with zero attached hydrogens (tertiary/aromatic N) is 1. The smallest absolute Gasteiger partial charge is 0.00922 e. The van der Waals surface area contributed by atoms with Crippen molar-refractivity contribution in [3.05, 3.63) is 0 Å². The molecule has 0 aromatic rings. The van der Waals surface area contributed by atoms with Gasteiger partial charge in [-0.3, -0.25) is 0 Å². The van der Waals surface area contributed by atoms with Gasteiger partial charge in [-0.15, -0.1) is 0 Å². The standard InChI is InChI=1S/C13H26N2/c1-15(13-5-3-2-4-6-13)10-8-12-7-9-14-11-12/h12-14H,2-11H2,1H3. The monoisotopic (exact) mass is 210 g/mol. The van der Waals surface area contributed by atoms with Crippen LogP contribution in [-0.4, -0.2) is 37.6 Å². The highest BCUT2D eigenvalue weighted by Crippen LogP contribution is 2.22. The van der Waals surface area contributed by atoms with E-state index in [2.05, 4.69) is 17.3 Å². The van der Waals surface area contributed by atoms with Crippen molar-refractivity contribution in [2.75, 3.05) is 26.7 Å². The lowest BCUT2D eigenvalue weighted by Gasteiger charge is -2.31. The molecular weight excluding hydrogens is 184 g/mol. The molecule has 1 atom stereocenters. The molecule has 1 N–H and O–H groups in total. The van der Waals surface area contributed by atoms with Crippen molar-refractivity contribution >= 4 is 0 Å². The van der Waals surface area contributed by atoms with Gasteiger partial charge in [0.1, 0.15) is 0 Å². The Morgan fingerprint density at radius 1 is 1.13 bits per heavy atom. The first kappa shape index (κ1) is 11.4. The first-order valence-electron chi connectivity index (χ1n) is 6.77. The molecule has 88 valence electrons. The Bertz CT molecular complexity index is 169. The van der Waals surface area contributed by atoms with Crippen LogP contribution in [0.5, 0.6) is 0 Å². The summed E-state index contributed by atoms with van der Waals surface area (Å²) in [7, 11) is 2.33. The molecule has 15 heavy (non-hydrogen) atoms. The summed E-state index contributed by atoms with van der Waals surface area (Å²) in [4.78, 5) is 2.62. The molecule has 2 aliphatic rings. The quantitative estimate of drug-likeness (QED) is 0.765. The van der Waals surface area contributed by atoms with E-state index in [0.717, 1.165) is 12.0 Å². The third-order valence-corrected chi connectivity index (χ3v) is 4.25. The molecule has 0 amide bonds. The second-order valence-corrected chi connectivity index (χ2v) is 5.42. The van der Waals surface area contributed by atoms with Crippen molar-refractivity contribution in [1.82, 2.24) is 10.2 Å². The Labute approximate surface area is 94.4 Å². The third-order valence-electron chi connectivity index (χ3n) is 4.25. The topological polar surface area (TPSA) is 15.3 Å². The SMILES string of the molecule is CN(CCC1CCNC1)C1CCCCC1. The predicted octanol–water partition coefficient (Wildman–Crippen LogP) is 2.25. The number of hydrogen-bond acceptors (Lipinski definition) is 2. The van der Waals surface area contributed by atoms with Gasteiger partial charge in [0.25, 0.3) is 0 Å². The van der Waals surface area contributed by atoms with E-state index in [-0.39, 0.29) is 0 Å². The molecule has 0 radical (unpaired) electrons. The predicted molar refractivity (Wildman–Crippen MR) is 65.1 cm³/mol. The Morgan fingerprint density at radius 3 is 2.60 bits per heavy atom. The first-order chi connectivity index (χ1) is 7.36. The fourth-order valence-electron chi connectivity index (χ4n) is 3.05. The lowest BCUT2D eigenvalue weighted by Crippen LogP contribution is -2.35. The van der Waals surface area contributed by atoms with Crippen molar-refractivity contribution in [3.63, 3.8) is 0 Å². The summed E-state index contributed by atoms with van der Waals surface area (Å²) in [5.41, 5.74) is 0. The van der Waals surface area contributed by atoms with E-state index in [9.17, 15) is 0 Å². The molecule has 0 aromatic heterocycles. The maximum Gasteiger partial charge on any atom is 0.00922 e. The van der Waals surface area contributed by atoms with Gasteiger partial charge in [-0.25, -0.2) is 0 Å². The summed E-state index contributed by atoms with van der Waals surface area (Å²) < 4.78 is 0. The van der Waals surface area contributed by atoms with E-state index < -0.39 is 0 Å². The van der Waals surface area contributed by atoms with Crippen LogP contribution >= 0.6 is 0 Å². The van der Waals surface area contributed by atoms with E-state index >= 15 is 0 Å². The van der Waals surface area contributed by atoms with Crippen molar-refractivity contribution < 1.29 is 0 Å². The van der Waals surface area contributed by atoms with Crippen LogP contribution in [0.3, 0.4) is 0 Å². The average molecular weight is 210 g/mol. The summed E-state index contributed by atoms with van der Waals surface area (Å²) in [5, 5.41) is 3.46. The Balaban J connectivity index is 1.64. The van der Waals surface area contributed by atoms with Gasteiger partial charge in [0.2, 0.25) is 0 Å². The van der Waals surface area contributed by atoms with Gasteiger partial charge in [0.05, 0.1) is 0 Å². The number of nitrogens with one attached hydrogen (secondary N) is 1. The van der Waals surface area contributed by atoms with Gasteiger partial charge in [-0.2, -0.15) is 0 Å². The highest BCUT2D eigenvalue weighted by atomic mass is 15.1. The van der Waals surface area contributed by atoms with Gasteiger partial charge >= 0.3 is 0 Å². The normalized spacial score (nSPS) is 28.8. The van der Waals surface area contributed by atoms with E-state index in [4.69, 9.17) is 0 Å². The molecule has 1 heterocycles. The Morgan fingerprint density at radius 2 is 1.93 bits per heavy atom. The molecule has 0 bridgehead atoms. The number of hydrogen-bond donors (Lipinski definition) is 1. The molecule has 1 saturated heterocycles. The summed E-state index contributed by atoms with van der Waals surface area (Å²) in [6.45, 7) is 3.83. The van der Waals surface area contributed by atoms with Crippen LogP contribution in [0.2, 0.25) is 0 Å². The van der Waals surface area contributed by atoms with Gasteiger partial charge in [0, 0.05) is 6.04 Å².